The van der Waals surface area contributed by atoms with E-state index in [1.54, 1.807) is 14.0 Å². The number of esters is 1. The summed E-state index contributed by atoms with van der Waals surface area (Å²) >= 11 is 0. The minimum absolute atomic E-state index is 0.224. The molecule has 0 saturated heterocycles. The number of benzene rings is 1. The molecule has 0 heterocycles. The van der Waals surface area contributed by atoms with Crippen molar-refractivity contribution in [1.82, 2.24) is 0 Å². The standard InChI is InChI=1S/C14H18O3/c1-5-17-14(15)9-11-6-7-12(10(2)3)13(8-11)16-4/h6-8H,2,5,9H2,1,3-4H3. The molecule has 0 amide bonds. The van der Waals surface area contributed by atoms with E-state index in [1.165, 1.54) is 0 Å². The van der Waals surface area contributed by atoms with Gasteiger partial charge in [0, 0.05) is 5.56 Å². The van der Waals surface area contributed by atoms with E-state index in [0.29, 0.717) is 6.61 Å². The molecular formula is C14H18O3. The van der Waals surface area contributed by atoms with Gasteiger partial charge in [0.1, 0.15) is 5.75 Å². The molecule has 1 rings (SSSR count). The van der Waals surface area contributed by atoms with Crippen LogP contribution >= 0.6 is 0 Å². The van der Waals surface area contributed by atoms with E-state index in [2.05, 4.69) is 6.58 Å². The lowest BCUT2D eigenvalue weighted by Gasteiger charge is -2.10. The van der Waals surface area contributed by atoms with Gasteiger partial charge in [0.05, 0.1) is 20.1 Å². The molecule has 1 aromatic rings. The molecule has 1 aromatic carbocycles. The summed E-state index contributed by atoms with van der Waals surface area (Å²) in [6.07, 6.45) is 0.265. The maximum absolute atomic E-state index is 11.4. The smallest absolute Gasteiger partial charge is 0.310 e. The predicted molar refractivity (Wildman–Crippen MR) is 68.0 cm³/mol. The van der Waals surface area contributed by atoms with Gasteiger partial charge >= 0.3 is 5.97 Å². The van der Waals surface area contributed by atoms with Crippen molar-refractivity contribution in [3.8, 4) is 5.75 Å². The van der Waals surface area contributed by atoms with Gasteiger partial charge in [0.15, 0.2) is 0 Å². The SMILES string of the molecule is C=C(C)c1ccc(CC(=O)OCC)cc1OC. The average molecular weight is 234 g/mol. The highest BCUT2D eigenvalue weighted by atomic mass is 16.5. The third kappa shape index (κ3) is 3.63. The minimum Gasteiger partial charge on any atom is -0.496 e. The zero-order chi connectivity index (χ0) is 12.8. The summed E-state index contributed by atoms with van der Waals surface area (Å²) in [4.78, 5) is 11.4. The molecule has 17 heavy (non-hydrogen) atoms. The molecule has 0 N–H and O–H groups in total. The fourth-order valence-corrected chi connectivity index (χ4v) is 1.58. The van der Waals surface area contributed by atoms with Crippen molar-refractivity contribution in [1.29, 1.82) is 0 Å². The molecule has 0 aromatic heterocycles. The largest absolute Gasteiger partial charge is 0.496 e. The molecule has 0 fully saturated rings. The Labute approximate surface area is 102 Å². The topological polar surface area (TPSA) is 35.5 Å². The summed E-state index contributed by atoms with van der Waals surface area (Å²) in [6.45, 7) is 8.00. The van der Waals surface area contributed by atoms with Gasteiger partial charge in [0.2, 0.25) is 0 Å². The van der Waals surface area contributed by atoms with Gasteiger partial charge in [-0.05, 0) is 31.1 Å². The van der Waals surface area contributed by atoms with E-state index < -0.39 is 0 Å². The first kappa shape index (κ1) is 13.3. The van der Waals surface area contributed by atoms with Crippen LogP contribution in [-0.2, 0) is 16.0 Å². The first-order chi connectivity index (χ1) is 8.08. The molecule has 3 nitrogen and oxygen atoms in total. The van der Waals surface area contributed by atoms with Crippen LogP contribution in [0.3, 0.4) is 0 Å². The Hall–Kier alpha value is -1.77. The van der Waals surface area contributed by atoms with Gasteiger partial charge in [0.25, 0.3) is 0 Å². The molecule has 92 valence electrons. The average Bonchev–Trinajstić information content (AvgIpc) is 2.28. The summed E-state index contributed by atoms with van der Waals surface area (Å²) in [5.74, 6) is 0.511. The van der Waals surface area contributed by atoms with Crippen LogP contribution in [-0.4, -0.2) is 19.7 Å². The maximum Gasteiger partial charge on any atom is 0.310 e. The number of methoxy groups -OCH3 is 1. The van der Waals surface area contributed by atoms with Crippen LogP contribution in [0.4, 0.5) is 0 Å². The Balaban J connectivity index is 2.90. The Kier molecular flexibility index (Phi) is 4.76. The highest BCUT2D eigenvalue weighted by Gasteiger charge is 2.08. The fraction of sp³-hybridized carbons (Fsp3) is 0.357. The first-order valence-electron chi connectivity index (χ1n) is 5.57. The lowest BCUT2D eigenvalue weighted by atomic mass is 10.0. The molecule has 0 aliphatic carbocycles. The van der Waals surface area contributed by atoms with Crippen molar-refractivity contribution < 1.29 is 14.3 Å². The zero-order valence-corrected chi connectivity index (χ0v) is 10.6. The van der Waals surface area contributed by atoms with Crippen molar-refractivity contribution in [2.45, 2.75) is 20.3 Å². The normalized spacial score (nSPS) is 9.82. The van der Waals surface area contributed by atoms with E-state index in [-0.39, 0.29) is 12.4 Å². The Morgan fingerprint density at radius 2 is 2.12 bits per heavy atom. The summed E-state index contributed by atoms with van der Waals surface area (Å²) in [5.41, 5.74) is 2.77. The van der Waals surface area contributed by atoms with E-state index >= 15 is 0 Å². The van der Waals surface area contributed by atoms with Crippen LogP contribution in [0.2, 0.25) is 0 Å². The Bertz CT molecular complexity index is 421. The van der Waals surface area contributed by atoms with Crippen LogP contribution in [0, 0.1) is 0 Å². The number of carbonyl (C=O) groups is 1. The second-order valence-electron chi connectivity index (χ2n) is 3.80. The van der Waals surface area contributed by atoms with Crippen molar-refractivity contribution in [3.63, 3.8) is 0 Å². The van der Waals surface area contributed by atoms with Gasteiger partial charge in [-0.2, -0.15) is 0 Å². The molecule has 3 heteroatoms. The molecule has 0 spiro atoms. The number of hydrogen-bond acceptors (Lipinski definition) is 3. The van der Waals surface area contributed by atoms with Crippen LogP contribution in [0.25, 0.3) is 5.57 Å². The third-order valence-electron chi connectivity index (χ3n) is 2.38. The van der Waals surface area contributed by atoms with Crippen LogP contribution < -0.4 is 4.74 Å². The number of allylic oxidation sites excluding steroid dienone is 1. The van der Waals surface area contributed by atoms with Crippen molar-refractivity contribution in [3.05, 3.63) is 35.9 Å². The van der Waals surface area contributed by atoms with E-state index in [1.807, 2.05) is 25.1 Å². The van der Waals surface area contributed by atoms with E-state index in [4.69, 9.17) is 9.47 Å². The minimum atomic E-state index is -0.224. The van der Waals surface area contributed by atoms with Gasteiger partial charge in [-0.1, -0.05) is 18.7 Å². The summed E-state index contributed by atoms with van der Waals surface area (Å²) in [5, 5.41) is 0. The number of rotatable bonds is 5. The molecular weight excluding hydrogens is 216 g/mol. The van der Waals surface area contributed by atoms with Gasteiger partial charge in [-0.25, -0.2) is 0 Å². The molecule has 0 atom stereocenters. The molecule has 0 saturated carbocycles. The second kappa shape index (κ2) is 6.09. The molecule has 0 aliphatic heterocycles. The Morgan fingerprint density at radius 3 is 2.65 bits per heavy atom. The Morgan fingerprint density at radius 1 is 1.41 bits per heavy atom. The summed E-state index contributed by atoms with van der Waals surface area (Å²) in [6, 6.07) is 5.65. The number of carbonyl (C=O) groups excluding carboxylic acids is 1. The van der Waals surface area contributed by atoms with Crippen molar-refractivity contribution in [2.24, 2.45) is 0 Å². The molecule has 0 radical (unpaired) electrons. The predicted octanol–water partition coefficient (Wildman–Crippen LogP) is 2.83. The maximum atomic E-state index is 11.4. The van der Waals surface area contributed by atoms with E-state index in [0.717, 1.165) is 22.4 Å². The molecule has 0 unspecified atom stereocenters. The van der Waals surface area contributed by atoms with Crippen molar-refractivity contribution in [2.75, 3.05) is 13.7 Å². The number of hydrogen-bond donors (Lipinski definition) is 0. The molecule has 0 bridgehead atoms. The lowest BCUT2D eigenvalue weighted by Crippen LogP contribution is -2.07. The monoisotopic (exact) mass is 234 g/mol. The highest BCUT2D eigenvalue weighted by Crippen LogP contribution is 2.26. The van der Waals surface area contributed by atoms with Crippen molar-refractivity contribution >= 4 is 11.5 Å². The first-order valence-corrected chi connectivity index (χ1v) is 5.57. The second-order valence-corrected chi connectivity index (χ2v) is 3.80. The van der Waals surface area contributed by atoms with Crippen LogP contribution in [0.15, 0.2) is 24.8 Å². The van der Waals surface area contributed by atoms with E-state index in [9.17, 15) is 4.79 Å². The summed E-state index contributed by atoms with van der Waals surface area (Å²) in [7, 11) is 1.61. The van der Waals surface area contributed by atoms with Crippen LogP contribution in [0.1, 0.15) is 25.0 Å². The number of ether oxygens (including phenoxy) is 2. The van der Waals surface area contributed by atoms with Gasteiger partial charge in [-0.15, -0.1) is 0 Å². The summed E-state index contributed by atoms with van der Waals surface area (Å²) < 4.78 is 10.2. The fourth-order valence-electron chi connectivity index (χ4n) is 1.58. The third-order valence-corrected chi connectivity index (χ3v) is 2.38. The molecule has 0 aliphatic rings. The zero-order valence-electron chi connectivity index (χ0n) is 10.6. The lowest BCUT2D eigenvalue weighted by molar-refractivity contribution is -0.142. The highest BCUT2D eigenvalue weighted by molar-refractivity contribution is 5.74. The van der Waals surface area contributed by atoms with Gasteiger partial charge in [-0.3, -0.25) is 4.79 Å². The quantitative estimate of drug-likeness (QED) is 0.735. The van der Waals surface area contributed by atoms with Crippen LogP contribution in [0.5, 0.6) is 5.75 Å². The van der Waals surface area contributed by atoms with Gasteiger partial charge < -0.3 is 9.47 Å².